The predicted molar refractivity (Wildman–Crippen MR) is 94.0 cm³/mol. The number of fused-ring (bicyclic) bond motifs is 2. The van der Waals surface area contributed by atoms with Gasteiger partial charge in [-0.2, -0.15) is 0 Å². The lowest BCUT2D eigenvalue weighted by Crippen LogP contribution is -2.32. The number of carbonyl (C=O) groups excluding carboxylic acids is 1. The van der Waals surface area contributed by atoms with Crippen LogP contribution in [-0.4, -0.2) is 39.1 Å². The van der Waals surface area contributed by atoms with Crippen LogP contribution in [0.15, 0.2) is 29.2 Å². The summed E-state index contributed by atoms with van der Waals surface area (Å²) in [4.78, 5) is 29.8. The monoisotopic (exact) mass is 340 g/mol. The fourth-order valence-electron chi connectivity index (χ4n) is 3.30. The highest BCUT2D eigenvalue weighted by Crippen LogP contribution is 2.16. The number of ether oxygens (including phenoxy) is 1. The molecule has 4 rings (SSSR count). The minimum atomic E-state index is -0.222. The molecular weight excluding hydrogens is 320 g/mol. The number of nitrogens with zero attached hydrogens (tertiary/aromatic N) is 3. The number of aromatic nitrogens is 3. The summed E-state index contributed by atoms with van der Waals surface area (Å²) in [6.45, 7) is 3.15. The Balaban J connectivity index is 1.73. The molecule has 0 aromatic carbocycles. The van der Waals surface area contributed by atoms with E-state index in [2.05, 4.69) is 10.3 Å². The number of amides is 1. The smallest absolute Gasteiger partial charge is 0.268 e. The van der Waals surface area contributed by atoms with Gasteiger partial charge in [0.15, 0.2) is 0 Å². The van der Waals surface area contributed by atoms with Crippen LogP contribution in [0.25, 0.3) is 16.7 Å². The van der Waals surface area contributed by atoms with E-state index in [0.29, 0.717) is 28.9 Å². The Morgan fingerprint density at radius 1 is 1.44 bits per heavy atom. The van der Waals surface area contributed by atoms with E-state index in [0.717, 1.165) is 25.0 Å². The molecule has 1 aliphatic heterocycles. The van der Waals surface area contributed by atoms with Gasteiger partial charge in [0.1, 0.15) is 17.0 Å². The molecule has 0 unspecified atom stereocenters. The zero-order valence-corrected chi connectivity index (χ0v) is 14.3. The molecule has 7 nitrogen and oxygen atoms in total. The fraction of sp³-hybridized carbons (Fsp3) is 0.389. The van der Waals surface area contributed by atoms with Crippen LogP contribution in [-0.2, 0) is 11.8 Å². The Morgan fingerprint density at radius 3 is 3.04 bits per heavy atom. The first-order chi connectivity index (χ1) is 12.0. The molecule has 0 spiro atoms. The average Bonchev–Trinajstić information content (AvgIpc) is 3.22. The molecular formula is C18H20N4O3. The topological polar surface area (TPSA) is 77.6 Å². The van der Waals surface area contributed by atoms with Gasteiger partial charge >= 0.3 is 0 Å². The summed E-state index contributed by atoms with van der Waals surface area (Å²) in [5.41, 5.74) is 2.30. The van der Waals surface area contributed by atoms with E-state index in [1.807, 2.05) is 13.0 Å². The van der Waals surface area contributed by atoms with Crippen molar-refractivity contribution in [3.63, 3.8) is 0 Å². The molecule has 7 heteroatoms. The lowest BCUT2D eigenvalue weighted by molar-refractivity contribution is 0.0851. The van der Waals surface area contributed by atoms with Gasteiger partial charge in [-0.1, -0.05) is 6.07 Å². The number of nitrogens with one attached hydrogen (secondary N) is 1. The standard InChI is InChI=1S/C18H20N4O3/c1-11-5-6-15-20-16-13(18(24)22(15)10-11)8-14(21(16)2)17(23)19-9-12-4-3-7-25-12/h5-6,8,10,12H,3-4,7,9H2,1-2H3,(H,19,23)/t12-/m1/s1. The highest BCUT2D eigenvalue weighted by atomic mass is 16.5. The van der Waals surface area contributed by atoms with Crippen molar-refractivity contribution < 1.29 is 9.53 Å². The number of rotatable bonds is 3. The lowest BCUT2D eigenvalue weighted by atomic mass is 10.2. The van der Waals surface area contributed by atoms with Crippen molar-refractivity contribution in [2.24, 2.45) is 7.05 Å². The van der Waals surface area contributed by atoms with Crippen molar-refractivity contribution in [1.29, 1.82) is 0 Å². The van der Waals surface area contributed by atoms with E-state index in [9.17, 15) is 9.59 Å². The Labute approximate surface area is 144 Å². The van der Waals surface area contributed by atoms with Crippen molar-refractivity contribution in [2.45, 2.75) is 25.9 Å². The summed E-state index contributed by atoms with van der Waals surface area (Å²) >= 11 is 0. The molecule has 1 fully saturated rings. The summed E-state index contributed by atoms with van der Waals surface area (Å²) in [6.07, 6.45) is 3.83. The van der Waals surface area contributed by atoms with Crippen LogP contribution in [0.1, 0.15) is 28.9 Å². The van der Waals surface area contributed by atoms with E-state index >= 15 is 0 Å². The summed E-state index contributed by atoms with van der Waals surface area (Å²) in [5, 5.41) is 3.33. The molecule has 1 N–H and O–H groups in total. The van der Waals surface area contributed by atoms with Crippen LogP contribution in [0.5, 0.6) is 0 Å². The Bertz CT molecular complexity index is 1030. The van der Waals surface area contributed by atoms with Crippen LogP contribution in [0, 0.1) is 6.92 Å². The number of hydrogen-bond acceptors (Lipinski definition) is 4. The molecule has 1 atom stereocenters. The summed E-state index contributed by atoms with van der Waals surface area (Å²) in [5.74, 6) is -0.222. The average molecular weight is 340 g/mol. The molecule has 1 aliphatic rings. The number of pyridine rings is 1. The van der Waals surface area contributed by atoms with Crippen LogP contribution < -0.4 is 10.9 Å². The number of aryl methyl sites for hydroxylation is 2. The number of carbonyl (C=O) groups is 1. The molecule has 0 radical (unpaired) electrons. The third kappa shape index (κ3) is 2.70. The van der Waals surface area contributed by atoms with Crippen LogP contribution >= 0.6 is 0 Å². The second-order valence-corrected chi connectivity index (χ2v) is 6.52. The van der Waals surface area contributed by atoms with Gasteiger partial charge in [-0.05, 0) is 37.5 Å². The first-order valence-electron chi connectivity index (χ1n) is 8.43. The van der Waals surface area contributed by atoms with Gasteiger partial charge in [-0.25, -0.2) is 4.98 Å². The molecule has 1 saturated heterocycles. The quantitative estimate of drug-likeness (QED) is 0.782. The highest BCUT2D eigenvalue weighted by Gasteiger charge is 2.20. The summed E-state index contributed by atoms with van der Waals surface area (Å²) in [7, 11) is 1.75. The minimum absolute atomic E-state index is 0.0768. The molecule has 0 bridgehead atoms. The van der Waals surface area contributed by atoms with Crippen molar-refractivity contribution in [3.05, 3.63) is 46.0 Å². The van der Waals surface area contributed by atoms with Gasteiger partial charge in [0.2, 0.25) is 0 Å². The lowest BCUT2D eigenvalue weighted by Gasteiger charge is -2.11. The molecule has 0 saturated carbocycles. The zero-order valence-electron chi connectivity index (χ0n) is 14.3. The van der Waals surface area contributed by atoms with Crippen LogP contribution in [0.3, 0.4) is 0 Å². The van der Waals surface area contributed by atoms with E-state index in [4.69, 9.17) is 4.74 Å². The first-order valence-corrected chi connectivity index (χ1v) is 8.43. The Kier molecular flexibility index (Phi) is 3.80. The molecule has 4 heterocycles. The predicted octanol–water partition coefficient (Wildman–Crippen LogP) is 1.40. The van der Waals surface area contributed by atoms with E-state index in [1.165, 1.54) is 4.40 Å². The van der Waals surface area contributed by atoms with Crippen LogP contribution in [0.4, 0.5) is 0 Å². The molecule has 0 aliphatic carbocycles. The second kappa shape index (κ2) is 6.00. The fourth-order valence-corrected chi connectivity index (χ4v) is 3.30. The van der Waals surface area contributed by atoms with E-state index < -0.39 is 0 Å². The van der Waals surface area contributed by atoms with Crippen molar-refractivity contribution >= 4 is 22.6 Å². The van der Waals surface area contributed by atoms with Gasteiger partial charge < -0.3 is 14.6 Å². The van der Waals surface area contributed by atoms with Crippen molar-refractivity contribution in [2.75, 3.05) is 13.2 Å². The maximum Gasteiger partial charge on any atom is 0.268 e. The third-order valence-electron chi connectivity index (χ3n) is 4.69. The second-order valence-electron chi connectivity index (χ2n) is 6.52. The molecule has 3 aromatic heterocycles. The first kappa shape index (κ1) is 15.8. The van der Waals surface area contributed by atoms with E-state index in [1.54, 1.807) is 29.9 Å². The normalized spacial score (nSPS) is 17.4. The maximum atomic E-state index is 12.8. The van der Waals surface area contributed by atoms with Gasteiger partial charge in [0, 0.05) is 26.4 Å². The molecule has 1 amide bonds. The molecule has 25 heavy (non-hydrogen) atoms. The van der Waals surface area contributed by atoms with Gasteiger partial charge in [-0.3, -0.25) is 14.0 Å². The third-order valence-corrected chi connectivity index (χ3v) is 4.69. The highest BCUT2D eigenvalue weighted by molar-refractivity contribution is 5.98. The summed E-state index contributed by atoms with van der Waals surface area (Å²) < 4.78 is 8.71. The maximum absolute atomic E-state index is 12.8. The van der Waals surface area contributed by atoms with Gasteiger partial charge in [-0.15, -0.1) is 0 Å². The van der Waals surface area contributed by atoms with Gasteiger partial charge in [0.25, 0.3) is 11.5 Å². The largest absolute Gasteiger partial charge is 0.376 e. The number of hydrogen-bond donors (Lipinski definition) is 1. The minimum Gasteiger partial charge on any atom is -0.376 e. The van der Waals surface area contributed by atoms with Crippen LogP contribution in [0.2, 0.25) is 0 Å². The Hall–Kier alpha value is -2.67. The zero-order chi connectivity index (χ0) is 17.6. The molecule has 3 aromatic rings. The van der Waals surface area contributed by atoms with Gasteiger partial charge in [0.05, 0.1) is 11.5 Å². The SMILES string of the molecule is Cc1ccc2nc3c(cc(C(=O)NC[C@H]4CCCO4)n3C)c(=O)n2c1. The van der Waals surface area contributed by atoms with Crippen molar-refractivity contribution in [1.82, 2.24) is 19.3 Å². The molecule has 130 valence electrons. The Morgan fingerprint density at radius 2 is 2.28 bits per heavy atom. The van der Waals surface area contributed by atoms with E-state index in [-0.39, 0.29) is 17.6 Å². The summed E-state index contributed by atoms with van der Waals surface area (Å²) in [6, 6.07) is 5.33. The van der Waals surface area contributed by atoms with Crippen molar-refractivity contribution in [3.8, 4) is 0 Å².